The van der Waals surface area contributed by atoms with E-state index in [4.69, 9.17) is 11.5 Å². The van der Waals surface area contributed by atoms with Crippen LogP contribution < -0.4 is 11.5 Å². The average Bonchev–Trinajstić information content (AvgIpc) is 1.95. The predicted octanol–water partition coefficient (Wildman–Crippen LogP) is 0.853. The van der Waals surface area contributed by atoms with Gasteiger partial charge < -0.3 is 11.5 Å². The lowest BCUT2D eigenvalue weighted by molar-refractivity contribution is 0.314. The van der Waals surface area contributed by atoms with Crippen LogP contribution in [0.5, 0.6) is 0 Å². The fourth-order valence-electron chi connectivity index (χ4n) is 1.71. The first kappa shape index (κ1) is 8.02. The lowest BCUT2D eigenvalue weighted by Gasteiger charge is -2.25. The molecule has 4 N–H and O–H groups in total. The summed E-state index contributed by atoms with van der Waals surface area (Å²) in [6.45, 7) is 0.847. The number of rotatable bonds is 2. The Morgan fingerprint density at radius 1 is 1.10 bits per heavy atom. The van der Waals surface area contributed by atoms with E-state index >= 15 is 0 Å². The van der Waals surface area contributed by atoms with Crippen molar-refractivity contribution in [1.82, 2.24) is 0 Å². The molecule has 0 aromatic rings. The minimum Gasteiger partial charge on any atom is -0.330 e. The first-order valence-corrected chi connectivity index (χ1v) is 4.28. The van der Waals surface area contributed by atoms with Crippen molar-refractivity contribution in [2.75, 3.05) is 6.54 Å². The first-order chi connectivity index (χ1) is 4.83. The highest BCUT2D eigenvalue weighted by atomic mass is 14.6. The van der Waals surface area contributed by atoms with Crippen LogP contribution in [0.4, 0.5) is 0 Å². The van der Waals surface area contributed by atoms with Crippen LogP contribution in [-0.4, -0.2) is 12.6 Å². The predicted molar refractivity (Wildman–Crippen MR) is 43.6 cm³/mol. The molecular formula is C8H18N2. The summed E-state index contributed by atoms with van der Waals surface area (Å²) in [5.74, 6) is 0.879. The van der Waals surface area contributed by atoms with Gasteiger partial charge in [0.25, 0.3) is 0 Å². The summed E-state index contributed by atoms with van der Waals surface area (Å²) in [7, 11) is 0. The van der Waals surface area contributed by atoms with Gasteiger partial charge in [0, 0.05) is 6.04 Å². The maximum Gasteiger partial charge on any atom is 0.00390 e. The third-order valence-corrected chi connectivity index (χ3v) is 2.47. The van der Waals surface area contributed by atoms with Crippen molar-refractivity contribution >= 4 is 0 Å². The van der Waals surface area contributed by atoms with Gasteiger partial charge in [0.1, 0.15) is 0 Å². The quantitative estimate of drug-likeness (QED) is 0.600. The fourth-order valence-corrected chi connectivity index (χ4v) is 1.71. The molecule has 0 aliphatic heterocycles. The van der Waals surface area contributed by atoms with E-state index in [9.17, 15) is 0 Å². The molecule has 0 amide bonds. The van der Waals surface area contributed by atoms with Crippen LogP contribution in [0.3, 0.4) is 0 Å². The van der Waals surface area contributed by atoms with Crippen molar-refractivity contribution < 1.29 is 0 Å². The van der Waals surface area contributed by atoms with Crippen molar-refractivity contribution in [3.05, 3.63) is 0 Å². The zero-order valence-corrected chi connectivity index (χ0v) is 6.55. The Labute approximate surface area is 63.0 Å². The third-order valence-electron chi connectivity index (χ3n) is 2.47. The van der Waals surface area contributed by atoms with Gasteiger partial charge in [0.15, 0.2) is 0 Å². The molecule has 60 valence electrons. The topological polar surface area (TPSA) is 52.0 Å². The second kappa shape index (κ2) is 3.94. The molecule has 1 saturated carbocycles. The summed E-state index contributed by atoms with van der Waals surface area (Å²) in [6.07, 6.45) is 6.23. The molecule has 0 unspecified atom stereocenters. The van der Waals surface area contributed by atoms with E-state index in [0.717, 1.165) is 12.5 Å². The summed E-state index contributed by atoms with van der Waals surface area (Å²) in [6, 6.07) is 0.481. The van der Waals surface area contributed by atoms with Crippen LogP contribution in [0.25, 0.3) is 0 Å². The van der Waals surface area contributed by atoms with Gasteiger partial charge in [-0.25, -0.2) is 0 Å². The highest BCUT2D eigenvalue weighted by Crippen LogP contribution is 2.24. The Morgan fingerprint density at radius 3 is 2.20 bits per heavy atom. The number of hydrogen-bond acceptors (Lipinski definition) is 2. The lowest BCUT2D eigenvalue weighted by Crippen LogP contribution is -2.27. The van der Waals surface area contributed by atoms with Crippen molar-refractivity contribution in [3.63, 3.8) is 0 Å². The van der Waals surface area contributed by atoms with E-state index in [1.807, 2.05) is 0 Å². The summed E-state index contributed by atoms with van der Waals surface area (Å²) in [4.78, 5) is 0. The second-order valence-electron chi connectivity index (χ2n) is 3.36. The molecule has 0 heterocycles. The van der Waals surface area contributed by atoms with Gasteiger partial charge in [-0.2, -0.15) is 0 Å². The van der Waals surface area contributed by atoms with E-state index < -0.39 is 0 Å². The summed E-state index contributed by atoms with van der Waals surface area (Å²) in [5, 5.41) is 0. The monoisotopic (exact) mass is 142 g/mol. The molecule has 0 saturated heterocycles. The molecule has 10 heavy (non-hydrogen) atoms. The molecular weight excluding hydrogens is 124 g/mol. The van der Waals surface area contributed by atoms with Crippen molar-refractivity contribution in [1.29, 1.82) is 0 Å². The summed E-state index contributed by atoms with van der Waals surface area (Å²) >= 11 is 0. The van der Waals surface area contributed by atoms with Crippen molar-refractivity contribution in [3.8, 4) is 0 Å². The average molecular weight is 142 g/mol. The Bertz CT molecular complexity index is 85.3. The van der Waals surface area contributed by atoms with E-state index in [-0.39, 0.29) is 0 Å². The van der Waals surface area contributed by atoms with Gasteiger partial charge in [-0.05, 0) is 44.6 Å². The van der Waals surface area contributed by atoms with E-state index in [1.165, 1.54) is 32.1 Å². The van der Waals surface area contributed by atoms with E-state index in [1.54, 1.807) is 0 Å². The van der Waals surface area contributed by atoms with Crippen LogP contribution in [0, 0.1) is 5.92 Å². The molecule has 1 rings (SSSR count). The molecule has 0 bridgehead atoms. The van der Waals surface area contributed by atoms with Gasteiger partial charge >= 0.3 is 0 Å². The van der Waals surface area contributed by atoms with Gasteiger partial charge in [0.2, 0.25) is 0 Å². The molecule has 1 aliphatic carbocycles. The van der Waals surface area contributed by atoms with Gasteiger partial charge in [0.05, 0.1) is 0 Å². The van der Waals surface area contributed by atoms with E-state index in [0.29, 0.717) is 6.04 Å². The standard InChI is InChI=1S/C8H18N2/c9-6-5-7-1-3-8(10)4-2-7/h7-8H,1-6,9-10H2/t7-,8-. The maximum absolute atomic E-state index is 5.76. The van der Waals surface area contributed by atoms with Gasteiger partial charge in [-0.3, -0.25) is 0 Å². The van der Waals surface area contributed by atoms with Crippen LogP contribution >= 0.6 is 0 Å². The fraction of sp³-hybridized carbons (Fsp3) is 1.00. The van der Waals surface area contributed by atoms with Crippen LogP contribution in [-0.2, 0) is 0 Å². The molecule has 0 spiro atoms. The largest absolute Gasteiger partial charge is 0.330 e. The van der Waals surface area contributed by atoms with Gasteiger partial charge in [-0.1, -0.05) is 0 Å². The number of nitrogens with two attached hydrogens (primary N) is 2. The van der Waals surface area contributed by atoms with E-state index in [2.05, 4.69) is 0 Å². The minimum absolute atomic E-state index is 0.481. The van der Waals surface area contributed by atoms with Crippen molar-refractivity contribution in [2.45, 2.75) is 38.1 Å². The Hall–Kier alpha value is -0.0800. The Balaban J connectivity index is 2.13. The lowest BCUT2D eigenvalue weighted by atomic mass is 9.85. The summed E-state index contributed by atoms with van der Waals surface area (Å²) < 4.78 is 0. The van der Waals surface area contributed by atoms with Crippen LogP contribution in [0.2, 0.25) is 0 Å². The molecule has 0 aromatic heterocycles. The van der Waals surface area contributed by atoms with Gasteiger partial charge in [-0.15, -0.1) is 0 Å². The first-order valence-electron chi connectivity index (χ1n) is 4.28. The normalized spacial score (nSPS) is 34.2. The third kappa shape index (κ3) is 2.27. The van der Waals surface area contributed by atoms with Crippen LogP contribution in [0.15, 0.2) is 0 Å². The molecule has 0 atom stereocenters. The van der Waals surface area contributed by atoms with Crippen molar-refractivity contribution in [2.24, 2.45) is 17.4 Å². The Kier molecular flexibility index (Phi) is 3.16. The molecule has 0 radical (unpaired) electrons. The number of hydrogen-bond donors (Lipinski definition) is 2. The highest BCUT2D eigenvalue weighted by Gasteiger charge is 2.16. The second-order valence-corrected chi connectivity index (χ2v) is 3.36. The SMILES string of the molecule is NCC[C@H]1CC[C@H](N)CC1. The smallest absolute Gasteiger partial charge is 0.00390 e. The zero-order chi connectivity index (χ0) is 7.40. The molecule has 2 nitrogen and oxygen atoms in total. The highest BCUT2D eigenvalue weighted by molar-refractivity contribution is 4.74. The molecule has 1 aliphatic rings. The summed E-state index contributed by atoms with van der Waals surface area (Å²) in [5.41, 5.74) is 11.2. The maximum atomic E-state index is 5.76. The minimum atomic E-state index is 0.481. The van der Waals surface area contributed by atoms with Crippen LogP contribution in [0.1, 0.15) is 32.1 Å². The Morgan fingerprint density at radius 2 is 1.70 bits per heavy atom. The molecule has 1 fully saturated rings. The molecule has 0 aromatic carbocycles. The zero-order valence-electron chi connectivity index (χ0n) is 6.55. The molecule has 2 heteroatoms.